The van der Waals surface area contributed by atoms with Crippen LogP contribution in [0.4, 0.5) is 111 Å². The normalized spacial score (nSPS) is 13.5. The molecule has 0 bridgehead atoms. The average Bonchev–Trinajstić information content (AvgIpc) is 3.15. The Morgan fingerprint density at radius 1 is 0.299 bits per heavy atom. The monoisotopic (exact) mass is 993 g/mol. The summed E-state index contributed by atoms with van der Waals surface area (Å²) in [5.74, 6) is 0. The van der Waals surface area contributed by atoms with E-state index in [1.807, 2.05) is 6.07 Å². The van der Waals surface area contributed by atoms with Crippen LogP contribution >= 0.6 is 0 Å². The first-order valence-corrected chi connectivity index (χ1v) is 17.8. The Bertz CT molecular complexity index is 2080. The molecule has 0 amide bonds. The van der Waals surface area contributed by atoms with Crippen LogP contribution in [0.1, 0.15) is 45.9 Å². The zero-order valence-corrected chi connectivity index (χ0v) is 33.5. The molecule has 0 atom stereocenters. The predicted octanol–water partition coefficient (Wildman–Crippen LogP) is 8.79. The number of hydrogen-bond acceptors (Lipinski definition) is 0. The second-order valence-electron chi connectivity index (χ2n) is 14.6. The van der Waals surface area contributed by atoms with Gasteiger partial charge in [-0.25, -0.2) is 0 Å². The molecule has 0 aliphatic rings. The molecule has 0 saturated carbocycles. The maximum absolute atomic E-state index is 14.2. The van der Waals surface area contributed by atoms with Crippen LogP contribution in [0.15, 0.2) is 103 Å². The molecule has 67 heavy (non-hydrogen) atoms. The Kier molecular flexibility index (Phi) is 15.9. The van der Waals surface area contributed by atoms with Crippen LogP contribution in [-0.2, 0) is 49.4 Å². The van der Waals surface area contributed by atoms with Gasteiger partial charge in [0.05, 0.1) is 58.6 Å². The van der Waals surface area contributed by atoms with E-state index in [4.69, 9.17) is 0 Å². The molecule has 5 aromatic rings. The third-order valence-electron chi connectivity index (χ3n) is 9.79. The second kappa shape index (κ2) is 18.9. The van der Waals surface area contributed by atoms with Crippen LogP contribution in [0, 0.1) is 0 Å². The van der Waals surface area contributed by atoms with E-state index in [0.29, 0.717) is 0 Å². The minimum Gasteiger partial charge on any atom is -1.00 e. The molecule has 0 unspecified atom stereocenters. The largest absolute Gasteiger partial charge is 1.00 e. The van der Waals surface area contributed by atoms with E-state index in [-0.39, 0.29) is 20.3 Å². The van der Waals surface area contributed by atoms with Gasteiger partial charge in [-0.3, -0.25) is 0 Å². The van der Waals surface area contributed by atoms with Gasteiger partial charge in [-0.1, -0.05) is 66.7 Å². The van der Waals surface area contributed by atoms with Crippen molar-refractivity contribution in [2.45, 2.75) is 49.4 Å². The summed E-state index contributed by atoms with van der Waals surface area (Å²) in [6.45, 7) is 0. The van der Waals surface area contributed by atoms with Gasteiger partial charge in [0.25, 0.3) is 0 Å². The number of rotatable bonds is 5. The summed E-state index contributed by atoms with van der Waals surface area (Å²) in [5, 5.41) is 0. The average molecular weight is 993 g/mol. The predicted molar refractivity (Wildman–Crippen MR) is 190 cm³/mol. The molecule has 0 spiro atoms. The molecule has 1 nitrogen and oxygen atoms in total. The summed E-state index contributed by atoms with van der Waals surface area (Å²) >= 11 is 0. The number of alkyl halides is 24. The third-order valence-corrected chi connectivity index (χ3v) is 9.79. The summed E-state index contributed by atoms with van der Waals surface area (Å²) in [6, 6.07) is 1.58. The quantitative estimate of drug-likeness (QED) is 0.133. The van der Waals surface area contributed by atoms with Crippen molar-refractivity contribution in [2.24, 2.45) is 0 Å². The summed E-state index contributed by atoms with van der Waals surface area (Å²) in [5.41, 5.74) is -28.9. The zero-order chi connectivity index (χ0) is 50.6. The fourth-order valence-electron chi connectivity index (χ4n) is 6.84. The molecular weight excluding hydrogens is 968 g/mol. The van der Waals surface area contributed by atoms with Crippen LogP contribution in [0.5, 0.6) is 0 Å². The summed E-state index contributed by atoms with van der Waals surface area (Å²) < 4.78 is 341. The summed E-state index contributed by atoms with van der Waals surface area (Å²) in [4.78, 5) is 1.37. The molecule has 1 N–H and O–H groups in total. The van der Waals surface area contributed by atoms with Gasteiger partial charge in [-0.15, -0.1) is 0 Å². The second-order valence-corrected chi connectivity index (χ2v) is 14.6. The van der Waals surface area contributed by atoms with Gasteiger partial charge in [0.1, 0.15) is 11.8 Å². The fraction of sp³-hybridized carbons (Fsp3) is 0.250. The van der Waals surface area contributed by atoms with Crippen molar-refractivity contribution in [1.82, 2.24) is 0 Å². The summed E-state index contributed by atoms with van der Waals surface area (Å²) in [7, 11) is 4.24. The Morgan fingerprint density at radius 3 is 0.582 bits per heavy atom. The van der Waals surface area contributed by atoms with Crippen LogP contribution in [0.2, 0.25) is 0 Å². The van der Waals surface area contributed by atoms with Crippen LogP contribution in [0.3, 0.4) is 0 Å². The number of nitrogens with one attached hydrogen (secondary N) is 1. The van der Waals surface area contributed by atoms with Crippen molar-refractivity contribution in [3.8, 4) is 0 Å². The van der Waals surface area contributed by atoms with E-state index in [9.17, 15) is 105 Å². The number of para-hydroxylation sites is 1. The minimum absolute atomic E-state index is 0. The maximum Gasteiger partial charge on any atom is 1.00 e. The van der Waals surface area contributed by atoms with Crippen LogP contribution in [0.25, 0.3) is 0 Å². The molecule has 0 aromatic heterocycles. The topological polar surface area (TPSA) is 4.44 Å². The third kappa shape index (κ3) is 13.2. The zero-order valence-electron chi connectivity index (χ0n) is 34.5. The van der Waals surface area contributed by atoms with Gasteiger partial charge in [0, 0.05) is 0 Å². The SMILES string of the molecule is C[NH+](C)c1ccccc1.FC(F)(F)c1cc([B-](c2cc(C(F)(F)F)cc(C(F)(F)F)c2)(c2cc(C(F)(F)F)cc(C(F)(F)F)c2)c2cc(C(F)(F)F)cc(C(F)(F)F)c2)cc(C(F)(F)F)c1.[H-].[Li+]. The van der Waals surface area contributed by atoms with E-state index in [1.54, 1.807) is 0 Å². The van der Waals surface area contributed by atoms with Gasteiger partial charge < -0.3 is 6.33 Å². The van der Waals surface area contributed by atoms with E-state index in [2.05, 4.69) is 38.4 Å². The Hall–Kier alpha value is -4.96. The van der Waals surface area contributed by atoms with Gasteiger partial charge in [-0.2, -0.15) is 127 Å². The molecule has 5 aromatic carbocycles. The van der Waals surface area contributed by atoms with E-state index < -0.39 is 195 Å². The molecular formula is C40H25BF24LiN. The fourth-order valence-corrected chi connectivity index (χ4v) is 6.84. The van der Waals surface area contributed by atoms with Crippen LogP contribution < -0.4 is 45.6 Å². The van der Waals surface area contributed by atoms with E-state index in [0.717, 1.165) is 0 Å². The number of halogens is 24. The molecule has 5 rings (SSSR count). The molecule has 0 fully saturated rings. The first-order chi connectivity index (χ1) is 29.6. The molecule has 0 aliphatic carbocycles. The minimum atomic E-state index is -6.13. The van der Waals surface area contributed by atoms with Crippen molar-refractivity contribution < 1.29 is 131 Å². The Morgan fingerprint density at radius 2 is 0.463 bits per heavy atom. The van der Waals surface area contributed by atoms with Crippen LogP contribution in [-0.4, -0.2) is 20.2 Å². The van der Waals surface area contributed by atoms with Gasteiger partial charge in [-0.05, 0) is 36.4 Å². The van der Waals surface area contributed by atoms with Crippen molar-refractivity contribution in [1.29, 1.82) is 0 Å². The molecule has 362 valence electrons. The molecule has 0 aliphatic heterocycles. The van der Waals surface area contributed by atoms with Gasteiger partial charge in [0.2, 0.25) is 0 Å². The van der Waals surface area contributed by atoms with Gasteiger partial charge in [0.15, 0.2) is 0 Å². The molecule has 27 heteroatoms. The number of hydrogen-bond donors (Lipinski definition) is 1. The molecule has 0 radical (unpaired) electrons. The standard InChI is InChI=1S/C32H12BF24.C8H11N.Li.H/c34-25(35,36)13-1-14(26(37,38)39)6-21(5-13)33(22-7-15(27(40,41)42)2-16(8-22)28(43,44)45,23-9-17(29(46,47)48)3-18(10-23)30(49,50)51)24-11-19(31(52,53)54)4-20(12-24)32(55,56)57;1-9(2)8-6-4-3-5-7-8;;/h1-12H;3-7H,1-2H3;;/q-1;;+1;-1/p+1. The first-order valence-electron chi connectivity index (χ1n) is 17.8. The first kappa shape index (κ1) is 56.4. The van der Waals surface area contributed by atoms with Crippen molar-refractivity contribution >= 4 is 33.7 Å². The number of benzene rings is 5. The Labute approximate surface area is 374 Å². The van der Waals surface area contributed by atoms with E-state index >= 15 is 0 Å². The van der Waals surface area contributed by atoms with Crippen molar-refractivity contribution in [2.75, 3.05) is 14.1 Å². The molecule has 0 heterocycles. The van der Waals surface area contributed by atoms with Crippen molar-refractivity contribution in [3.63, 3.8) is 0 Å². The maximum atomic E-state index is 14.2. The molecule has 0 saturated heterocycles. The summed E-state index contributed by atoms with van der Waals surface area (Å²) in [6.07, 6.45) is -54.8. The Balaban J connectivity index is 0.00000129. The van der Waals surface area contributed by atoms with E-state index in [1.165, 1.54) is 10.6 Å². The number of quaternary nitrogens is 1. The smallest absolute Gasteiger partial charge is 1.00 e. The van der Waals surface area contributed by atoms with Crippen molar-refractivity contribution in [3.05, 3.63) is 148 Å². The van der Waals surface area contributed by atoms with Gasteiger partial charge >= 0.3 is 68.3 Å².